The van der Waals surface area contributed by atoms with Crippen LogP contribution in [0.5, 0.6) is 5.75 Å². The number of methoxy groups -OCH3 is 1. The lowest BCUT2D eigenvalue weighted by Gasteiger charge is -2.28. The normalized spacial score (nSPS) is 19.4. The molecule has 0 unspecified atom stereocenters. The smallest absolute Gasteiger partial charge is 0.443 e. The molecule has 1 fully saturated rings. The van der Waals surface area contributed by atoms with Crippen LogP contribution in [0.3, 0.4) is 0 Å². The largest absolute Gasteiger partial charge is 0.489 e. The number of aliphatic hydroxyl groups excluding tert-OH is 1. The quantitative estimate of drug-likeness (QED) is 0.557. The van der Waals surface area contributed by atoms with Crippen LogP contribution in [-0.2, 0) is 24.2 Å². The molecule has 0 spiro atoms. The first-order chi connectivity index (χ1) is 15.4. The lowest BCUT2D eigenvalue weighted by Crippen LogP contribution is -2.41. The third kappa shape index (κ3) is 7.15. The molecule has 0 saturated carbocycles. The summed E-state index contributed by atoms with van der Waals surface area (Å²) in [4.78, 5) is 25.4. The maximum absolute atomic E-state index is 14.6. The van der Waals surface area contributed by atoms with E-state index in [1.807, 2.05) is 13.8 Å². The van der Waals surface area contributed by atoms with Gasteiger partial charge in [0.25, 0.3) is 0 Å². The Kier molecular flexibility index (Phi) is 9.28. The molecule has 0 bridgehead atoms. The molecule has 2 rings (SSSR count). The fourth-order valence-corrected chi connectivity index (χ4v) is 5.82. The minimum Gasteiger partial charge on any atom is -0.489 e. The van der Waals surface area contributed by atoms with Gasteiger partial charge in [0, 0.05) is 13.2 Å². The summed E-state index contributed by atoms with van der Waals surface area (Å²) in [6.07, 6.45) is 0.901. The van der Waals surface area contributed by atoms with E-state index in [-0.39, 0.29) is 24.2 Å². The summed E-state index contributed by atoms with van der Waals surface area (Å²) >= 11 is 0. The number of nitrogens with zero attached hydrogens (tertiary/aromatic N) is 2. The van der Waals surface area contributed by atoms with Gasteiger partial charge in [0.2, 0.25) is 0 Å². The van der Waals surface area contributed by atoms with E-state index in [0.29, 0.717) is 31.4 Å². The van der Waals surface area contributed by atoms with E-state index in [1.54, 1.807) is 39.0 Å². The Morgan fingerprint density at radius 3 is 2.64 bits per heavy atom. The number of carbonyl (C=O) groups is 2. The van der Waals surface area contributed by atoms with E-state index in [2.05, 4.69) is 4.36 Å². The van der Waals surface area contributed by atoms with Crippen LogP contribution >= 0.6 is 0 Å². The summed E-state index contributed by atoms with van der Waals surface area (Å²) in [6, 6.07) is 4.30. The highest BCUT2D eigenvalue weighted by molar-refractivity contribution is 7.91. The third-order valence-corrected chi connectivity index (χ3v) is 7.45. The molecule has 0 radical (unpaired) electrons. The third-order valence-electron chi connectivity index (χ3n) is 5.07. The topological polar surface area (TPSA) is 115 Å². The highest BCUT2D eigenvalue weighted by atomic mass is 32.2. The number of ether oxygens (including phenoxy) is 3. The Balaban J connectivity index is 2.65. The van der Waals surface area contributed by atoms with Gasteiger partial charge in [-0.2, -0.15) is 4.31 Å². The van der Waals surface area contributed by atoms with Crippen molar-refractivity contribution in [3.8, 4) is 5.75 Å². The Morgan fingerprint density at radius 1 is 1.33 bits per heavy atom. The second-order valence-corrected chi connectivity index (χ2v) is 11.2. The molecule has 0 aliphatic carbocycles. The van der Waals surface area contributed by atoms with Gasteiger partial charge >= 0.3 is 12.1 Å². The van der Waals surface area contributed by atoms with Crippen molar-refractivity contribution in [3.05, 3.63) is 23.8 Å². The molecule has 1 amide bonds. The molecule has 9 nitrogen and oxygen atoms in total. The lowest BCUT2D eigenvalue weighted by molar-refractivity contribution is -0.144. The predicted molar refractivity (Wildman–Crippen MR) is 124 cm³/mol. The van der Waals surface area contributed by atoms with Gasteiger partial charge in [0.15, 0.2) is 9.92 Å². The molecule has 1 aromatic rings. The van der Waals surface area contributed by atoms with Crippen LogP contribution < -0.4 is 4.74 Å². The van der Waals surface area contributed by atoms with Crippen LogP contribution in [0, 0.1) is 6.92 Å². The van der Waals surface area contributed by atoms with Crippen LogP contribution in [0.4, 0.5) is 4.79 Å². The number of aryl methyl sites for hydroxylation is 1. The predicted octanol–water partition coefficient (Wildman–Crippen LogP) is 3.85. The maximum atomic E-state index is 14.6. The van der Waals surface area contributed by atoms with Gasteiger partial charge in [0.05, 0.1) is 13.2 Å². The number of benzene rings is 1. The Hall–Kier alpha value is -2.17. The monoisotopic (exact) mass is 484 g/mol. The summed E-state index contributed by atoms with van der Waals surface area (Å²) in [5, 5.41) is 9.13. The Labute approximate surface area is 196 Å². The van der Waals surface area contributed by atoms with Crippen molar-refractivity contribution < 1.29 is 33.1 Å². The number of amides is 1. The minimum atomic E-state index is -3.63. The molecule has 186 valence electrons. The number of hydrogen-bond acceptors (Lipinski definition) is 7. The van der Waals surface area contributed by atoms with Gasteiger partial charge in [-0.3, -0.25) is 4.79 Å². The highest BCUT2D eigenvalue weighted by Gasteiger charge is 2.41. The van der Waals surface area contributed by atoms with Crippen molar-refractivity contribution in [2.75, 3.05) is 20.3 Å². The van der Waals surface area contributed by atoms with E-state index in [1.165, 1.54) is 11.4 Å². The number of carbonyl (C=O) groups excluding carboxylic acids is 2. The Morgan fingerprint density at radius 2 is 2.03 bits per heavy atom. The zero-order valence-electron chi connectivity index (χ0n) is 20.3. The fourth-order valence-electron chi connectivity index (χ4n) is 3.60. The van der Waals surface area contributed by atoms with Gasteiger partial charge < -0.3 is 19.3 Å². The molecule has 1 aliphatic heterocycles. The van der Waals surface area contributed by atoms with Crippen molar-refractivity contribution in [2.24, 2.45) is 4.36 Å². The van der Waals surface area contributed by atoms with Crippen molar-refractivity contribution in [1.82, 2.24) is 4.31 Å². The molecule has 3 atom stereocenters. The molecule has 10 heteroatoms. The SMILES string of the molecule is COC(=O)[C@@H]1CCCN1[S@](=O)(=NC(=O)OC(C)(C)C)c1ccc(C)cc1O[C@H](C)CCCO. The van der Waals surface area contributed by atoms with Crippen LogP contribution in [0.2, 0.25) is 0 Å². The average Bonchev–Trinajstić information content (AvgIpc) is 3.20. The summed E-state index contributed by atoms with van der Waals surface area (Å²) in [5.74, 6) is -0.223. The zero-order chi connectivity index (χ0) is 24.8. The first-order valence-electron chi connectivity index (χ1n) is 11.1. The van der Waals surface area contributed by atoms with E-state index in [4.69, 9.17) is 19.3 Å². The molecule has 1 saturated heterocycles. The van der Waals surface area contributed by atoms with Crippen LogP contribution in [-0.4, -0.2) is 63.7 Å². The van der Waals surface area contributed by atoms with E-state index >= 15 is 0 Å². The van der Waals surface area contributed by atoms with E-state index in [0.717, 1.165) is 5.56 Å². The second-order valence-electron chi connectivity index (χ2n) is 9.13. The molecular formula is C23H36N2O7S. The van der Waals surface area contributed by atoms with Crippen LogP contribution in [0.15, 0.2) is 27.5 Å². The molecule has 1 aromatic carbocycles. The lowest BCUT2D eigenvalue weighted by atomic mass is 10.2. The number of esters is 1. The van der Waals surface area contributed by atoms with E-state index in [9.17, 15) is 13.8 Å². The van der Waals surface area contributed by atoms with Crippen molar-refractivity contribution in [3.63, 3.8) is 0 Å². The average molecular weight is 485 g/mol. The second kappa shape index (κ2) is 11.3. The standard InChI is InChI=1S/C23H36N2O7S/c1-16-11-12-20(19(15-16)31-17(2)9-8-14-26)33(29,24-22(28)32-23(3,4)5)25-13-7-10-18(25)21(27)30-6/h11-12,15,17-18,26H,7-10,13-14H2,1-6H3/t17-,18+,33-/m1/s1. The van der Waals surface area contributed by atoms with Crippen molar-refractivity contribution >= 4 is 22.0 Å². The molecule has 1 N–H and O–H groups in total. The van der Waals surface area contributed by atoms with E-state index < -0.39 is 33.6 Å². The number of hydrogen-bond donors (Lipinski definition) is 1. The summed E-state index contributed by atoms with van der Waals surface area (Å²) in [6.45, 7) is 9.12. The van der Waals surface area contributed by atoms with Gasteiger partial charge in [-0.15, -0.1) is 4.36 Å². The van der Waals surface area contributed by atoms with Gasteiger partial charge in [0.1, 0.15) is 22.3 Å². The zero-order valence-corrected chi connectivity index (χ0v) is 21.1. The van der Waals surface area contributed by atoms with Crippen LogP contribution in [0.25, 0.3) is 0 Å². The molecule has 33 heavy (non-hydrogen) atoms. The van der Waals surface area contributed by atoms with Crippen molar-refractivity contribution in [1.29, 1.82) is 0 Å². The molecule has 0 aromatic heterocycles. The highest BCUT2D eigenvalue weighted by Crippen LogP contribution is 2.35. The van der Waals surface area contributed by atoms with Crippen molar-refractivity contribution in [2.45, 2.75) is 82.9 Å². The molecular weight excluding hydrogens is 448 g/mol. The summed E-state index contributed by atoms with van der Waals surface area (Å²) in [7, 11) is -2.35. The number of rotatable bonds is 8. The Bertz CT molecular complexity index is 964. The molecule has 1 heterocycles. The maximum Gasteiger partial charge on any atom is 0.443 e. The minimum absolute atomic E-state index is 0.0354. The van der Waals surface area contributed by atoms with Crippen LogP contribution in [0.1, 0.15) is 58.9 Å². The molecule has 1 aliphatic rings. The fraction of sp³-hybridized carbons (Fsp3) is 0.652. The number of aliphatic hydroxyl groups is 1. The van der Waals surface area contributed by atoms with Gasteiger partial charge in [-0.05, 0) is 78.0 Å². The summed E-state index contributed by atoms with van der Waals surface area (Å²) in [5.41, 5.74) is 0.0344. The van der Waals surface area contributed by atoms with Gasteiger partial charge in [-0.1, -0.05) is 6.07 Å². The summed E-state index contributed by atoms with van der Waals surface area (Å²) < 4.78 is 36.4. The van der Waals surface area contributed by atoms with Gasteiger partial charge in [-0.25, -0.2) is 9.00 Å². The first-order valence-corrected chi connectivity index (χ1v) is 12.6. The first kappa shape index (κ1) is 27.1.